The number of likely N-dealkylation sites (tertiary alicyclic amines) is 1. The first-order valence-corrected chi connectivity index (χ1v) is 5.93. The molecule has 0 aliphatic carbocycles. The number of rotatable bonds is 2. The van der Waals surface area contributed by atoms with Gasteiger partial charge in [0.1, 0.15) is 6.29 Å². The van der Waals surface area contributed by atoms with Crippen molar-refractivity contribution in [2.24, 2.45) is 5.92 Å². The van der Waals surface area contributed by atoms with Gasteiger partial charge in [-0.25, -0.2) is 9.59 Å². The second-order valence-corrected chi connectivity index (χ2v) is 4.91. The van der Waals surface area contributed by atoms with E-state index < -0.39 is 30.2 Å². The number of amides is 2. The van der Waals surface area contributed by atoms with Gasteiger partial charge in [0, 0.05) is 12.5 Å². The van der Waals surface area contributed by atoms with Gasteiger partial charge in [0.2, 0.25) is 0 Å². The minimum absolute atomic E-state index is 0.154. The van der Waals surface area contributed by atoms with Gasteiger partial charge in [0.25, 0.3) is 0 Å². The van der Waals surface area contributed by atoms with Crippen molar-refractivity contribution in [2.75, 3.05) is 6.54 Å². The van der Waals surface area contributed by atoms with Crippen molar-refractivity contribution in [3.8, 4) is 0 Å². The molecule has 2 N–H and O–H groups in total. The highest BCUT2D eigenvalue weighted by Gasteiger charge is 2.51. The van der Waals surface area contributed by atoms with Crippen LogP contribution < -0.4 is 0 Å². The van der Waals surface area contributed by atoms with Gasteiger partial charge in [0.15, 0.2) is 0 Å². The van der Waals surface area contributed by atoms with Crippen LogP contribution >= 0.6 is 0 Å². The number of aldehydes is 1. The van der Waals surface area contributed by atoms with E-state index in [0.717, 1.165) is 0 Å². The molecule has 2 aliphatic heterocycles. The molecule has 0 saturated carbocycles. The smallest absolute Gasteiger partial charge is 0.407 e. The lowest BCUT2D eigenvalue weighted by atomic mass is 9.92. The predicted molar refractivity (Wildman–Crippen MR) is 60.4 cm³/mol. The predicted octanol–water partition coefficient (Wildman–Crippen LogP) is 0.695. The van der Waals surface area contributed by atoms with Crippen LogP contribution in [-0.2, 0) is 4.79 Å². The Morgan fingerprint density at radius 3 is 2.44 bits per heavy atom. The van der Waals surface area contributed by atoms with E-state index in [9.17, 15) is 24.6 Å². The summed E-state index contributed by atoms with van der Waals surface area (Å²) in [7, 11) is 0. The van der Waals surface area contributed by atoms with Crippen molar-refractivity contribution in [3.05, 3.63) is 0 Å². The lowest BCUT2D eigenvalue weighted by molar-refractivity contribution is -0.114. The number of piperazine rings is 1. The van der Waals surface area contributed by atoms with Crippen LogP contribution in [0.4, 0.5) is 9.59 Å². The molecule has 2 rings (SSSR count). The molecule has 1 unspecified atom stereocenters. The molecule has 2 fully saturated rings. The standard InChI is InChI=1S/C11H16N2O5/c1-6(5-14)9-8-3-2-7(13(8)11(17)18)4-12(9)10(15)16/h5-9H,2-4H2,1H3,(H,15,16)(H,17,18)/t6?,7-,8+,9+/m1/s1. The first-order chi connectivity index (χ1) is 8.47. The first kappa shape index (κ1) is 12.7. The fourth-order valence-corrected chi connectivity index (χ4v) is 3.20. The number of carboxylic acid groups (broad SMARTS) is 2. The van der Waals surface area contributed by atoms with Crippen LogP contribution in [0.3, 0.4) is 0 Å². The van der Waals surface area contributed by atoms with Gasteiger partial charge in [-0.15, -0.1) is 0 Å². The molecule has 0 aromatic rings. The fourth-order valence-electron chi connectivity index (χ4n) is 3.20. The number of carbonyl (C=O) groups is 3. The van der Waals surface area contributed by atoms with Crippen molar-refractivity contribution in [1.29, 1.82) is 0 Å². The van der Waals surface area contributed by atoms with E-state index in [2.05, 4.69) is 0 Å². The van der Waals surface area contributed by atoms with E-state index in [-0.39, 0.29) is 12.6 Å². The van der Waals surface area contributed by atoms with Crippen molar-refractivity contribution < 1.29 is 24.6 Å². The molecule has 18 heavy (non-hydrogen) atoms. The van der Waals surface area contributed by atoms with Crippen molar-refractivity contribution in [3.63, 3.8) is 0 Å². The molecule has 7 nitrogen and oxygen atoms in total. The van der Waals surface area contributed by atoms with Crippen LogP contribution in [0.25, 0.3) is 0 Å². The monoisotopic (exact) mass is 256 g/mol. The summed E-state index contributed by atoms with van der Waals surface area (Å²) in [5.41, 5.74) is 0. The third-order valence-corrected chi connectivity index (χ3v) is 3.93. The molecule has 2 amide bonds. The van der Waals surface area contributed by atoms with Gasteiger partial charge >= 0.3 is 12.2 Å². The quantitative estimate of drug-likeness (QED) is 0.708. The summed E-state index contributed by atoms with van der Waals surface area (Å²) in [6.07, 6.45) is -0.155. The molecule has 2 aliphatic rings. The Kier molecular flexibility index (Phi) is 3.14. The SMILES string of the molecule is CC(C=O)[C@H]1[C@@H]2CC[C@H](CN1C(=O)O)N2C(=O)O. The van der Waals surface area contributed by atoms with Gasteiger partial charge in [-0.1, -0.05) is 6.92 Å². The number of nitrogens with zero attached hydrogens (tertiary/aromatic N) is 2. The van der Waals surface area contributed by atoms with E-state index in [4.69, 9.17) is 0 Å². The largest absolute Gasteiger partial charge is 0.465 e. The maximum atomic E-state index is 11.2. The second kappa shape index (κ2) is 4.47. The van der Waals surface area contributed by atoms with Crippen molar-refractivity contribution >= 4 is 18.5 Å². The lowest BCUT2D eigenvalue weighted by Crippen LogP contribution is -2.64. The Labute approximate surface area is 104 Å². The summed E-state index contributed by atoms with van der Waals surface area (Å²) in [5.74, 6) is -0.507. The fraction of sp³-hybridized carbons (Fsp3) is 0.727. The number of hydrogen-bond acceptors (Lipinski definition) is 3. The average Bonchev–Trinajstić information content (AvgIpc) is 2.63. The number of hydrogen-bond donors (Lipinski definition) is 2. The van der Waals surface area contributed by atoms with Gasteiger partial charge in [-0.3, -0.25) is 4.90 Å². The minimum Gasteiger partial charge on any atom is -0.465 e. The summed E-state index contributed by atoms with van der Waals surface area (Å²) in [5, 5.41) is 18.4. The first-order valence-electron chi connectivity index (χ1n) is 5.93. The molecule has 2 heterocycles. The van der Waals surface area contributed by atoms with Crippen molar-refractivity contribution in [2.45, 2.75) is 37.9 Å². The molecule has 100 valence electrons. The third-order valence-electron chi connectivity index (χ3n) is 3.93. The maximum Gasteiger partial charge on any atom is 0.407 e. The number of carbonyl (C=O) groups excluding carboxylic acids is 1. The Hall–Kier alpha value is -1.79. The molecule has 0 radical (unpaired) electrons. The second-order valence-electron chi connectivity index (χ2n) is 4.91. The molecule has 2 bridgehead atoms. The Bertz CT molecular complexity index is 386. The van der Waals surface area contributed by atoms with Gasteiger partial charge in [-0.2, -0.15) is 0 Å². The molecular weight excluding hydrogens is 240 g/mol. The number of fused-ring (bicyclic) bond motifs is 2. The normalized spacial score (nSPS) is 32.2. The third kappa shape index (κ3) is 1.79. The summed E-state index contributed by atoms with van der Waals surface area (Å²) in [6, 6.07) is -1.26. The van der Waals surface area contributed by atoms with E-state index in [1.54, 1.807) is 6.92 Å². The highest BCUT2D eigenvalue weighted by Crippen LogP contribution is 2.36. The van der Waals surface area contributed by atoms with Crippen molar-refractivity contribution in [1.82, 2.24) is 9.80 Å². The highest BCUT2D eigenvalue weighted by molar-refractivity contribution is 5.71. The Balaban J connectivity index is 2.33. The lowest BCUT2D eigenvalue weighted by Gasteiger charge is -2.45. The molecular formula is C11H16N2O5. The highest BCUT2D eigenvalue weighted by atomic mass is 16.4. The van der Waals surface area contributed by atoms with E-state index in [0.29, 0.717) is 19.1 Å². The summed E-state index contributed by atoms with van der Waals surface area (Å²) >= 11 is 0. The van der Waals surface area contributed by atoms with Crippen LogP contribution in [-0.4, -0.2) is 63.2 Å². The van der Waals surface area contributed by atoms with E-state index in [1.807, 2.05) is 0 Å². The molecule has 0 aromatic heterocycles. The maximum absolute atomic E-state index is 11.2. The topological polar surface area (TPSA) is 98.2 Å². The summed E-state index contributed by atoms with van der Waals surface area (Å²) < 4.78 is 0. The minimum atomic E-state index is -1.09. The van der Waals surface area contributed by atoms with Gasteiger partial charge in [-0.05, 0) is 12.8 Å². The Morgan fingerprint density at radius 1 is 1.28 bits per heavy atom. The molecule has 7 heteroatoms. The zero-order valence-electron chi connectivity index (χ0n) is 10.0. The van der Waals surface area contributed by atoms with Crippen LogP contribution in [0.15, 0.2) is 0 Å². The van der Waals surface area contributed by atoms with Gasteiger partial charge < -0.3 is 19.9 Å². The van der Waals surface area contributed by atoms with E-state index in [1.165, 1.54) is 9.80 Å². The average molecular weight is 256 g/mol. The van der Waals surface area contributed by atoms with Crippen LogP contribution in [0.5, 0.6) is 0 Å². The van der Waals surface area contributed by atoms with Crippen LogP contribution in [0, 0.1) is 5.92 Å². The van der Waals surface area contributed by atoms with Crippen LogP contribution in [0.1, 0.15) is 19.8 Å². The van der Waals surface area contributed by atoms with Gasteiger partial charge in [0.05, 0.1) is 18.1 Å². The zero-order chi connectivity index (χ0) is 13.4. The summed E-state index contributed by atoms with van der Waals surface area (Å²) in [4.78, 5) is 35.9. The zero-order valence-corrected chi connectivity index (χ0v) is 10.0. The van der Waals surface area contributed by atoms with Crippen LogP contribution in [0.2, 0.25) is 0 Å². The molecule has 4 atom stereocenters. The molecule has 0 aromatic carbocycles. The molecule has 2 saturated heterocycles. The molecule has 0 spiro atoms. The Morgan fingerprint density at radius 2 is 1.94 bits per heavy atom. The van der Waals surface area contributed by atoms with E-state index >= 15 is 0 Å². The summed E-state index contributed by atoms with van der Waals surface area (Å²) in [6.45, 7) is 1.78.